The second-order valence-corrected chi connectivity index (χ2v) is 4.99. The molecule has 2 atom stereocenters. The van der Waals surface area contributed by atoms with Gasteiger partial charge in [0.2, 0.25) is 0 Å². The number of nitrogens with two attached hydrogens (primary N) is 1. The Morgan fingerprint density at radius 3 is 2.64 bits per heavy atom. The van der Waals surface area contributed by atoms with E-state index in [9.17, 15) is 4.79 Å². The number of ether oxygens (including phenoxy) is 3. The van der Waals surface area contributed by atoms with Crippen molar-refractivity contribution in [3.8, 4) is 5.75 Å². The predicted molar refractivity (Wildman–Crippen MR) is 86.2 cm³/mol. The number of methoxy groups -OCH3 is 1. The highest BCUT2D eigenvalue weighted by Crippen LogP contribution is 2.35. The van der Waals surface area contributed by atoms with Gasteiger partial charge in [0, 0.05) is 26.2 Å². The molecule has 0 aromatic heterocycles. The predicted octanol–water partition coefficient (Wildman–Crippen LogP) is 2.27. The minimum Gasteiger partial charge on any atom is -0.494 e. The minimum absolute atomic E-state index is 0.0384. The number of benzene rings is 1. The summed E-state index contributed by atoms with van der Waals surface area (Å²) >= 11 is 0. The van der Waals surface area contributed by atoms with Gasteiger partial charge in [0.1, 0.15) is 12.0 Å². The van der Waals surface area contributed by atoms with Crippen molar-refractivity contribution in [1.29, 1.82) is 0 Å². The molecule has 0 amide bonds. The first-order chi connectivity index (χ1) is 10.7. The van der Waals surface area contributed by atoms with Gasteiger partial charge in [0.15, 0.2) is 0 Å². The maximum atomic E-state index is 10.3. The molecular weight excluding hydrogens is 282 g/mol. The zero-order chi connectivity index (χ0) is 16.4. The van der Waals surface area contributed by atoms with Crippen molar-refractivity contribution in [1.82, 2.24) is 0 Å². The number of aldehydes is 1. The minimum atomic E-state index is -0.125. The lowest BCUT2D eigenvalue weighted by atomic mass is 10.1. The van der Waals surface area contributed by atoms with E-state index in [-0.39, 0.29) is 12.1 Å². The van der Waals surface area contributed by atoms with Crippen molar-refractivity contribution < 1.29 is 19.0 Å². The molecule has 0 fully saturated rings. The molecule has 22 heavy (non-hydrogen) atoms. The van der Waals surface area contributed by atoms with Gasteiger partial charge in [-0.2, -0.15) is 0 Å². The van der Waals surface area contributed by atoms with E-state index in [1.54, 1.807) is 7.11 Å². The highest BCUT2D eigenvalue weighted by molar-refractivity contribution is 5.49. The third-order valence-electron chi connectivity index (χ3n) is 3.40. The van der Waals surface area contributed by atoms with Crippen LogP contribution in [0.5, 0.6) is 5.75 Å². The summed E-state index contributed by atoms with van der Waals surface area (Å²) in [6.45, 7) is 5.79. The largest absolute Gasteiger partial charge is 0.494 e. The van der Waals surface area contributed by atoms with Crippen LogP contribution >= 0.6 is 0 Å². The number of carbonyl (C=O) groups excluding carboxylic acids is 1. The lowest BCUT2D eigenvalue weighted by molar-refractivity contribution is -0.109. The van der Waals surface area contributed by atoms with Gasteiger partial charge in [-0.05, 0) is 43.5 Å². The van der Waals surface area contributed by atoms with Gasteiger partial charge < -0.3 is 24.7 Å². The molecule has 2 rings (SSSR count). The van der Waals surface area contributed by atoms with Crippen LogP contribution in [0.1, 0.15) is 37.5 Å². The molecule has 1 aliphatic carbocycles. The molecule has 1 aromatic carbocycles. The van der Waals surface area contributed by atoms with Crippen molar-refractivity contribution in [2.75, 3.05) is 26.9 Å². The molecule has 124 valence electrons. The van der Waals surface area contributed by atoms with E-state index in [4.69, 9.17) is 15.2 Å². The number of hydrogen-bond acceptors (Lipinski definition) is 5. The Balaban J connectivity index is 0.000000541. The lowest BCUT2D eigenvalue weighted by Crippen LogP contribution is -2.27. The van der Waals surface area contributed by atoms with Crippen molar-refractivity contribution in [2.45, 2.75) is 38.8 Å². The van der Waals surface area contributed by atoms with Gasteiger partial charge in [-0.15, -0.1) is 0 Å². The Hall–Kier alpha value is -1.43. The topological polar surface area (TPSA) is 70.8 Å². The van der Waals surface area contributed by atoms with E-state index in [0.717, 1.165) is 30.6 Å². The molecule has 2 N–H and O–H groups in total. The first kappa shape index (κ1) is 18.6. The molecule has 0 spiro atoms. The molecule has 0 saturated heterocycles. The molecule has 0 saturated carbocycles. The van der Waals surface area contributed by atoms with Crippen LogP contribution in [0.3, 0.4) is 0 Å². The molecule has 0 heterocycles. The zero-order valence-corrected chi connectivity index (χ0v) is 13.7. The standard InChI is InChI=1S/C14H19NO3.C3H8O/c1-2-17-11-5-4-10-8-13(15)14(12(10)9-11)18-7-3-6-16;1-3-4-2/h4-6,9,13-14H,2-3,7-8,15H2,1H3;3H2,1-2H3. The fraction of sp³-hybridized carbons (Fsp3) is 0.588. The van der Waals surface area contributed by atoms with E-state index in [0.29, 0.717) is 19.6 Å². The quantitative estimate of drug-likeness (QED) is 0.618. The maximum Gasteiger partial charge on any atom is 0.122 e. The van der Waals surface area contributed by atoms with Crippen LogP contribution in [-0.2, 0) is 20.7 Å². The summed E-state index contributed by atoms with van der Waals surface area (Å²) in [5, 5.41) is 0. The molecule has 5 heteroatoms. The van der Waals surface area contributed by atoms with Crippen molar-refractivity contribution >= 4 is 6.29 Å². The van der Waals surface area contributed by atoms with Crippen LogP contribution in [0.15, 0.2) is 18.2 Å². The van der Waals surface area contributed by atoms with Crippen LogP contribution in [-0.4, -0.2) is 39.3 Å². The van der Waals surface area contributed by atoms with Crippen LogP contribution in [0.4, 0.5) is 0 Å². The van der Waals surface area contributed by atoms with Gasteiger partial charge in [0.25, 0.3) is 0 Å². The number of rotatable bonds is 7. The number of carbonyl (C=O) groups is 1. The van der Waals surface area contributed by atoms with E-state index in [2.05, 4.69) is 4.74 Å². The van der Waals surface area contributed by atoms with E-state index >= 15 is 0 Å². The van der Waals surface area contributed by atoms with Gasteiger partial charge in [-0.1, -0.05) is 6.07 Å². The Morgan fingerprint density at radius 1 is 1.32 bits per heavy atom. The zero-order valence-electron chi connectivity index (χ0n) is 13.7. The SMILES string of the molecule is CCOC.CCOc1ccc2c(c1)C(OCCC=O)C(N)C2. The van der Waals surface area contributed by atoms with Crippen molar-refractivity contribution in [3.63, 3.8) is 0 Å². The Labute approximate surface area is 132 Å². The third-order valence-corrected chi connectivity index (χ3v) is 3.40. The van der Waals surface area contributed by atoms with Gasteiger partial charge in [0.05, 0.1) is 19.3 Å². The maximum absolute atomic E-state index is 10.3. The molecular formula is C17H27NO4. The monoisotopic (exact) mass is 309 g/mol. The smallest absolute Gasteiger partial charge is 0.122 e. The molecule has 0 bridgehead atoms. The molecule has 5 nitrogen and oxygen atoms in total. The summed E-state index contributed by atoms with van der Waals surface area (Å²) in [5.74, 6) is 0.842. The van der Waals surface area contributed by atoms with Gasteiger partial charge in [-0.3, -0.25) is 0 Å². The fourth-order valence-corrected chi connectivity index (χ4v) is 2.33. The fourth-order valence-electron chi connectivity index (χ4n) is 2.33. The summed E-state index contributed by atoms with van der Waals surface area (Å²) in [6, 6.07) is 5.96. The summed E-state index contributed by atoms with van der Waals surface area (Å²) in [4.78, 5) is 10.3. The van der Waals surface area contributed by atoms with E-state index in [1.807, 2.05) is 32.0 Å². The lowest BCUT2D eigenvalue weighted by Gasteiger charge is -2.17. The highest BCUT2D eigenvalue weighted by atomic mass is 16.5. The molecule has 2 unspecified atom stereocenters. The van der Waals surface area contributed by atoms with Crippen LogP contribution in [0.2, 0.25) is 0 Å². The first-order valence-electron chi connectivity index (χ1n) is 7.73. The highest BCUT2D eigenvalue weighted by Gasteiger charge is 2.30. The van der Waals surface area contributed by atoms with Gasteiger partial charge in [-0.25, -0.2) is 0 Å². The number of fused-ring (bicyclic) bond motifs is 1. The van der Waals surface area contributed by atoms with Gasteiger partial charge >= 0.3 is 0 Å². The van der Waals surface area contributed by atoms with E-state index in [1.165, 1.54) is 5.56 Å². The van der Waals surface area contributed by atoms with Crippen LogP contribution in [0.25, 0.3) is 0 Å². The van der Waals surface area contributed by atoms with Crippen molar-refractivity contribution in [2.24, 2.45) is 5.73 Å². The molecule has 0 radical (unpaired) electrons. The first-order valence-corrected chi connectivity index (χ1v) is 7.73. The average molecular weight is 309 g/mol. The summed E-state index contributed by atoms with van der Waals surface area (Å²) in [5.41, 5.74) is 8.39. The summed E-state index contributed by atoms with van der Waals surface area (Å²) in [7, 11) is 1.68. The Kier molecular flexibility index (Phi) is 8.74. The van der Waals surface area contributed by atoms with E-state index < -0.39 is 0 Å². The normalized spacial score (nSPS) is 19.1. The summed E-state index contributed by atoms with van der Waals surface area (Å²) in [6.07, 6.45) is 1.95. The molecule has 0 aliphatic heterocycles. The van der Waals surface area contributed by atoms with Crippen LogP contribution in [0, 0.1) is 0 Å². The van der Waals surface area contributed by atoms with Crippen molar-refractivity contribution in [3.05, 3.63) is 29.3 Å². The Bertz CT molecular complexity index is 448. The molecule has 1 aliphatic rings. The summed E-state index contributed by atoms with van der Waals surface area (Å²) < 4.78 is 15.7. The third kappa shape index (κ3) is 5.40. The second kappa shape index (κ2) is 10.3. The molecule has 1 aromatic rings. The van der Waals surface area contributed by atoms with Crippen LogP contribution < -0.4 is 10.5 Å². The second-order valence-electron chi connectivity index (χ2n) is 4.99. The number of hydrogen-bond donors (Lipinski definition) is 1. The average Bonchev–Trinajstić information content (AvgIpc) is 2.84. The Morgan fingerprint density at radius 2 is 2.05 bits per heavy atom.